The van der Waals surface area contributed by atoms with Crippen LogP contribution in [-0.2, 0) is 13.0 Å². The largest absolute Gasteiger partial charge is 0.302 e. The molecule has 0 N–H and O–H groups in total. The van der Waals surface area contributed by atoms with E-state index in [0.29, 0.717) is 0 Å². The third kappa shape index (κ3) is 3.18. The van der Waals surface area contributed by atoms with E-state index in [0.717, 1.165) is 30.9 Å². The number of aromatic nitrogens is 2. The Morgan fingerprint density at radius 1 is 1.11 bits per heavy atom. The minimum absolute atomic E-state index is 0.842. The monoisotopic (exact) mass is 255 g/mol. The molecule has 0 radical (unpaired) electrons. The minimum atomic E-state index is 0.842. The third-order valence-corrected chi connectivity index (χ3v) is 3.16. The van der Waals surface area contributed by atoms with Crippen LogP contribution >= 0.6 is 0 Å². The highest BCUT2D eigenvalue weighted by Gasteiger charge is 2.15. The van der Waals surface area contributed by atoms with Gasteiger partial charge in [0.25, 0.3) is 0 Å². The topological polar surface area (TPSA) is 29.0 Å². The fourth-order valence-electron chi connectivity index (χ4n) is 2.18. The number of hydrogen-bond donors (Lipinski definition) is 0. The van der Waals surface area contributed by atoms with Gasteiger partial charge in [-0.05, 0) is 7.05 Å². The lowest BCUT2D eigenvalue weighted by molar-refractivity contribution is 0.309. The third-order valence-electron chi connectivity index (χ3n) is 3.16. The van der Waals surface area contributed by atoms with Crippen LogP contribution in [0.15, 0.2) is 36.5 Å². The van der Waals surface area contributed by atoms with E-state index < -0.39 is 0 Å². The molecule has 0 fully saturated rings. The maximum atomic E-state index is 4.68. The van der Waals surface area contributed by atoms with Crippen LogP contribution in [0.5, 0.6) is 0 Å². The van der Waals surface area contributed by atoms with Gasteiger partial charge in [0.05, 0.1) is 5.69 Å². The Hall–Kier alpha value is -1.74. The number of fused-ring (bicyclic) bond motifs is 1. The zero-order chi connectivity index (χ0) is 13.7. The summed E-state index contributed by atoms with van der Waals surface area (Å²) in [5.41, 5.74) is 3.56. The van der Waals surface area contributed by atoms with Gasteiger partial charge in [-0.1, -0.05) is 44.2 Å². The van der Waals surface area contributed by atoms with Crippen LogP contribution in [0.3, 0.4) is 0 Å². The summed E-state index contributed by atoms with van der Waals surface area (Å²) < 4.78 is 0. The number of likely N-dealkylation sites (N-methyl/N-ethyl adjacent to an activating group) is 1. The molecule has 0 unspecified atom stereocenters. The first kappa shape index (κ1) is 13.7. The molecule has 2 heterocycles. The first-order valence-electron chi connectivity index (χ1n) is 6.92. The Labute approximate surface area is 115 Å². The lowest BCUT2D eigenvalue weighted by Gasteiger charge is -2.23. The van der Waals surface area contributed by atoms with E-state index in [2.05, 4.69) is 34.0 Å². The second kappa shape index (κ2) is 6.43. The van der Waals surface area contributed by atoms with Crippen LogP contribution in [-0.4, -0.2) is 28.5 Å². The van der Waals surface area contributed by atoms with Crippen molar-refractivity contribution in [3.05, 3.63) is 47.8 Å². The molecule has 0 amide bonds. The second-order valence-corrected chi connectivity index (χ2v) is 4.52. The predicted molar refractivity (Wildman–Crippen MR) is 78.9 cm³/mol. The van der Waals surface area contributed by atoms with Crippen molar-refractivity contribution < 1.29 is 0 Å². The van der Waals surface area contributed by atoms with Crippen molar-refractivity contribution in [3.8, 4) is 11.4 Å². The van der Waals surface area contributed by atoms with Crippen molar-refractivity contribution in [1.29, 1.82) is 0 Å². The quantitative estimate of drug-likeness (QED) is 0.784. The average Bonchev–Trinajstić information content (AvgIpc) is 2.49. The maximum Gasteiger partial charge on any atom is 0.159 e. The Morgan fingerprint density at radius 2 is 1.84 bits per heavy atom. The van der Waals surface area contributed by atoms with E-state index in [-0.39, 0.29) is 0 Å². The van der Waals surface area contributed by atoms with Gasteiger partial charge in [-0.3, -0.25) is 0 Å². The molecule has 0 bridgehead atoms. The molecular formula is C16H21N3. The predicted octanol–water partition coefficient (Wildman–Crippen LogP) is 3.16. The SMILES string of the molecule is CC.CN1CCc2nc(-c3ccccc3)ncc2C1. The van der Waals surface area contributed by atoms with E-state index in [9.17, 15) is 0 Å². The van der Waals surface area contributed by atoms with E-state index >= 15 is 0 Å². The molecule has 3 heteroatoms. The van der Waals surface area contributed by atoms with Crippen molar-refractivity contribution in [2.24, 2.45) is 0 Å². The first-order valence-corrected chi connectivity index (χ1v) is 6.92. The van der Waals surface area contributed by atoms with Gasteiger partial charge >= 0.3 is 0 Å². The van der Waals surface area contributed by atoms with E-state index in [1.54, 1.807) is 0 Å². The van der Waals surface area contributed by atoms with Gasteiger partial charge in [-0.25, -0.2) is 9.97 Å². The number of rotatable bonds is 1. The Morgan fingerprint density at radius 3 is 2.58 bits per heavy atom. The van der Waals surface area contributed by atoms with Gasteiger partial charge in [0.1, 0.15) is 0 Å². The van der Waals surface area contributed by atoms with Crippen LogP contribution in [0.4, 0.5) is 0 Å². The van der Waals surface area contributed by atoms with E-state index in [1.165, 1.54) is 11.3 Å². The van der Waals surface area contributed by atoms with Crippen molar-refractivity contribution in [1.82, 2.24) is 14.9 Å². The van der Waals surface area contributed by atoms with Crippen LogP contribution in [0.25, 0.3) is 11.4 Å². The molecule has 0 saturated heterocycles. The molecule has 1 aromatic carbocycles. The van der Waals surface area contributed by atoms with Gasteiger partial charge in [0.15, 0.2) is 5.82 Å². The molecule has 1 aliphatic rings. The van der Waals surface area contributed by atoms with E-state index in [1.807, 2.05) is 38.2 Å². The van der Waals surface area contributed by atoms with E-state index in [4.69, 9.17) is 0 Å². The molecule has 3 rings (SSSR count). The molecule has 1 aromatic heterocycles. The number of nitrogens with zero attached hydrogens (tertiary/aromatic N) is 3. The second-order valence-electron chi connectivity index (χ2n) is 4.52. The van der Waals surface area contributed by atoms with Gasteiger partial charge in [0, 0.05) is 36.8 Å². The zero-order valence-corrected chi connectivity index (χ0v) is 11.9. The Bertz CT molecular complexity index is 523. The van der Waals surface area contributed by atoms with Crippen LogP contribution in [0, 0.1) is 0 Å². The van der Waals surface area contributed by atoms with Crippen molar-refractivity contribution in [2.45, 2.75) is 26.8 Å². The number of hydrogen-bond acceptors (Lipinski definition) is 3. The highest BCUT2D eigenvalue weighted by Crippen LogP contribution is 2.19. The van der Waals surface area contributed by atoms with Crippen molar-refractivity contribution >= 4 is 0 Å². The molecule has 0 atom stereocenters. The van der Waals surface area contributed by atoms with Crippen LogP contribution in [0.2, 0.25) is 0 Å². The maximum absolute atomic E-state index is 4.68. The summed E-state index contributed by atoms with van der Waals surface area (Å²) in [6.07, 6.45) is 2.99. The van der Waals surface area contributed by atoms with Gasteiger partial charge in [-0.15, -0.1) is 0 Å². The summed E-state index contributed by atoms with van der Waals surface area (Å²) in [6.45, 7) is 6.04. The fourth-order valence-corrected chi connectivity index (χ4v) is 2.18. The minimum Gasteiger partial charge on any atom is -0.302 e. The Kier molecular flexibility index (Phi) is 4.63. The zero-order valence-electron chi connectivity index (χ0n) is 11.9. The summed E-state index contributed by atoms with van der Waals surface area (Å²) in [4.78, 5) is 11.4. The van der Waals surface area contributed by atoms with Gasteiger partial charge in [0.2, 0.25) is 0 Å². The fraction of sp³-hybridized carbons (Fsp3) is 0.375. The molecule has 19 heavy (non-hydrogen) atoms. The normalized spacial score (nSPS) is 14.3. The summed E-state index contributed by atoms with van der Waals surface area (Å²) in [7, 11) is 2.13. The van der Waals surface area contributed by atoms with Crippen molar-refractivity contribution in [3.63, 3.8) is 0 Å². The molecule has 2 aromatic rings. The van der Waals surface area contributed by atoms with Crippen LogP contribution < -0.4 is 0 Å². The molecule has 0 saturated carbocycles. The lowest BCUT2D eigenvalue weighted by Crippen LogP contribution is -2.27. The molecule has 3 nitrogen and oxygen atoms in total. The molecule has 0 aliphatic carbocycles. The molecule has 1 aliphatic heterocycles. The van der Waals surface area contributed by atoms with Gasteiger partial charge in [-0.2, -0.15) is 0 Å². The molecule has 0 spiro atoms. The summed E-state index contributed by atoms with van der Waals surface area (Å²) in [5, 5.41) is 0. The molecular weight excluding hydrogens is 234 g/mol. The average molecular weight is 255 g/mol. The van der Waals surface area contributed by atoms with Crippen molar-refractivity contribution in [2.75, 3.05) is 13.6 Å². The van der Waals surface area contributed by atoms with Gasteiger partial charge < -0.3 is 4.90 Å². The summed E-state index contributed by atoms with van der Waals surface area (Å²) >= 11 is 0. The highest BCUT2D eigenvalue weighted by atomic mass is 15.1. The molecule has 100 valence electrons. The lowest BCUT2D eigenvalue weighted by atomic mass is 10.1. The van der Waals surface area contributed by atoms with Crippen LogP contribution in [0.1, 0.15) is 25.1 Å². The highest BCUT2D eigenvalue weighted by molar-refractivity contribution is 5.54. The smallest absolute Gasteiger partial charge is 0.159 e. The summed E-state index contributed by atoms with van der Waals surface area (Å²) in [5.74, 6) is 0.842. The summed E-state index contributed by atoms with van der Waals surface area (Å²) in [6, 6.07) is 10.2. The standard InChI is InChI=1S/C14H15N3.C2H6/c1-17-8-7-13-12(10-17)9-15-14(16-13)11-5-3-2-4-6-11;1-2/h2-6,9H,7-8,10H2,1H3;1-2H3. The Balaban J connectivity index is 0.000000637. The number of benzene rings is 1. The first-order chi connectivity index (χ1) is 9.33.